The van der Waals surface area contributed by atoms with Crippen LogP contribution >= 0.6 is 0 Å². The monoisotopic (exact) mass is 343 g/mol. The molecule has 0 unspecified atom stereocenters. The largest absolute Gasteiger partial charge is 0.345 e. The molecule has 0 saturated carbocycles. The minimum absolute atomic E-state index is 0.0201. The summed E-state index contributed by atoms with van der Waals surface area (Å²) in [5.74, 6) is -1.83. The molecular weight excluding hydrogens is 328 g/mol. The van der Waals surface area contributed by atoms with E-state index >= 15 is 0 Å². The maximum atomic E-state index is 13.1. The molecule has 0 radical (unpaired) electrons. The van der Waals surface area contributed by atoms with Crippen LogP contribution in [0.15, 0.2) is 53.1 Å². The third-order valence-corrected chi connectivity index (χ3v) is 3.57. The van der Waals surface area contributed by atoms with Crippen LogP contribution in [0.3, 0.4) is 0 Å². The third kappa shape index (κ3) is 4.47. The second kappa shape index (κ2) is 7.65. The van der Waals surface area contributed by atoms with Gasteiger partial charge in [0.25, 0.3) is 5.91 Å². The number of rotatable bonds is 6. The van der Waals surface area contributed by atoms with Crippen LogP contribution in [0, 0.1) is 11.6 Å². The highest BCUT2D eigenvalue weighted by Crippen LogP contribution is 2.09. The molecule has 3 aromatic rings. The lowest BCUT2D eigenvalue weighted by Gasteiger charge is -2.02. The Labute approximate surface area is 142 Å². The van der Waals surface area contributed by atoms with Crippen molar-refractivity contribution in [1.29, 1.82) is 0 Å². The number of nitrogens with one attached hydrogen (secondary N) is 1. The average molecular weight is 343 g/mol. The molecule has 1 heterocycles. The summed E-state index contributed by atoms with van der Waals surface area (Å²) < 4.78 is 31.1. The molecule has 128 valence electrons. The highest BCUT2D eigenvalue weighted by molar-refractivity contribution is 5.94. The number of carbonyl (C=O) groups is 1. The van der Waals surface area contributed by atoms with E-state index in [1.165, 1.54) is 6.07 Å². The first kappa shape index (κ1) is 16.8. The van der Waals surface area contributed by atoms with E-state index in [-0.39, 0.29) is 12.1 Å². The van der Waals surface area contributed by atoms with Gasteiger partial charge in [0.15, 0.2) is 17.5 Å². The van der Waals surface area contributed by atoms with Gasteiger partial charge in [0, 0.05) is 12.0 Å². The number of carbonyl (C=O) groups excluding carboxylic acids is 1. The molecule has 7 heteroatoms. The molecule has 0 aliphatic heterocycles. The fourth-order valence-corrected chi connectivity index (χ4v) is 2.26. The Morgan fingerprint density at radius 1 is 1.04 bits per heavy atom. The van der Waals surface area contributed by atoms with Crippen molar-refractivity contribution in [3.8, 4) is 0 Å². The van der Waals surface area contributed by atoms with Gasteiger partial charge in [0.2, 0.25) is 5.89 Å². The first-order chi connectivity index (χ1) is 12.1. The molecule has 0 bridgehead atoms. The molecule has 0 saturated heterocycles. The van der Waals surface area contributed by atoms with E-state index in [2.05, 4.69) is 15.5 Å². The van der Waals surface area contributed by atoms with Crippen LogP contribution in [0.5, 0.6) is 0 Å². The third-order valence-electron chi connectivity index (χ3n) is 3.57. The van der Waals surface area contributed by atoms with Gasteiger partial charge in [-0.2, -0.15) is 4.98 Å². The van der Waals surface area contributed by atoms with E-state index in [0.717, 1.165) is 24.1 Å². The number of nitrogens with zero attached hydrogens (tertiary/aromatic N) is 2. The maximum absolute atomic E-state index is 13.1. The molecule has 3 rings (SSSR count). The normalized spacial score (nSPS) is 10.6. The second-order valence-corrected chi connectivity index (χ2v) is 5.40. The van der Waals surface area contributed by atoms with Crippen molar-refractivity contribution >= 4 is 5.91 Å². The highest BCUT2D eigenvalue weighted by Gasteiger charge is 2.12. The van der Waals surface area contributed by atoms with E-state index < -0.39 is 17.5 Å². The molecule has 25 heavy (non-hydrogen) atoms. The van der Waals surface area contributed by atoms with Gasteiger partial charge in [-0.15, -0.1) is 0 Å². The summed E-state index contributed by atoms with van der Waals surface area (Å²) in [5.41, 5.74) is 1.18. The molecule has 0 atom stereocenters. The van der Waals surface area contributed by atoms with Crippen molar-refractivity contribution in [2.75, 3.05) is 0 Å². The van der Waals surface area contributed by atoms with Gasteiger partial charge < -0.3 is 9.84 Å². The van der Waals surface area contributed by atoms with Gasteiger partial charge in [-0.3, -0.25) is 4.79 Å². The summed E-state index contributed by atoms with van der Waals surface area (Å²) in [6.07, 6.45) is 1.36. The Hall–Kier alpha value is -3.09. The lowest BCUT2D eigenvalue weighted by molar-refractivity contribution is 0.0949. The fraction of sp³-hybridized carbons (Fsp3) is 0.167. The zero-order chi connectivity index (χ0) is 17.6. The molecule has 1 aromatic heterocycles. The quantitative estimate of drug-likeness (QED) is 0.747. The average Bonchev–Trinajstić information content (AvgIpc) is 3.09. The summed E-state index contributed by atoms with van der Waals surface area (Å²) in [6, 6.07) is 12.8. The molecule has 1 amide bonds. The van der Waals surface area contributed by atoms with Gasteiger partial charge in [-0.1, -0.05) is 35.5 Å². The Bertz CT molecular complexity index is 866. The Morgan fingerprint density at radius 3 is 2.60 bits per heavy atom. The number of aryl methyl sites for hydroxylation is 2. The molecule has 0 aliphatic carbocycles. The van der Waals surface area contributed by atoms with Gasteiger partial charge in [-0.25, -0.2) is 8.78 Å². The highest BCUT2D eigenvalue weighted by atomic mass is 19.2. The van der Waals surface area contributed by atoms with Crippen LogP contribution in [0.4, 0.5) is 8.78 Å². The fourth-order valence-electron chi connectivity index (χ4n) is 2.26. The van der Waals surface area contributed by atoms with Crippen LogP contribution in [0.1, 0.15) is 27.6 Å². The Balaban J connectivity index is 1.52. The van der Waals surface area contributed by atoms with Crippen molar-refractivity contribution in [3.05, 3.63) is 83.0 Å². The van der Waals surface area contributed by atoms with E-state index in [9.17, 15) is 13.6 Å². The van der Waals surface area contributed by atoms with E-state index in [1.54, 1.807) is 0 Å². The molecule has 2 aromatic carbocycles. The van der Waals surface area contributed by atoms with Crippen molar-refractivity contribution in [1.82, 2.24) is 15.5 Å². The minimum Gasteiger partial charge on any atom is -0.345 e. The van der Waals surface area contributed by atoms with Gasteiger partial charge in [-0.05, 0) is 30.2 Å². The predicted octanol–water partition coefficient (Wildman–Crippen LogP) is 3.06. The molecule has 0 aliphatic rings. The Kier molecular flexibility index (Phi) is 5.13. The molecule has 5 nitrogen and oxygen atoms in total. The van der Waals surface area contributed by atoms with Crippen molar-refractivity contribution in [2.24, 2.45) is 0 Å². The van der Waals surface area contributed by atoms with E-state index in [4.69, 9.17) is 4.52 Å². The zero-order valence-electron chi connectivity index (χ0n) is 13.2. The summed E-state index contributed by atoms with van der Waals surface area (Å²) in [7, 11) is 0. The van der Waals surface area contributed by atoms with Crippen LogP contribution in [0.2, 0.25) is 0 Å². The summed E-state index contributed by atoms with van der Waals surface area (Å²) in [4.78, 5) is 16.1. The topological polar surface area (TPSA) is 68.0 Å². The number of hydrogen-bond acceptors (Lipinski definition) is 4. The standard InChI is InChI=1S/C18H15F2N3O2/c19-14-8-7-13(10-15(14)20)18(24)21-11-16-22-17(25-23-16)9-6-12-4-2-1-3-5-12/h1-5,7-8,10H,6,9,11H2,(H,21,24). The SMILES string of the molecule is O=C(NCc1noc(CCc2ccccc2)n1)c1ccc(F)c(F)c1. The maximum Gasteiger partial charge on any atom is 0.251 e. The first-order valence-corrected chi connectivity index (χ1v) is 7.70. The molecule has 0 fully saturated rings. The molecule has 0 spiro atoms. The number of halogens is 2. The van der Waals surface area contributed by atoms with E-state index in [0.29, 0.717) is 18.1 Å². The summed E-state index contributed by atoms with van der Waals surface area (Å²) in [6.45, 7) is 0.0344. The predicted molar refractivity (Wildman–Crippen MR) is 85.7 cm³/mol. The van der Waals surface area contributed by atoms with Crippen LogP contribution in [-0.4, -0.2) is 16.0 Å². The zero-order valence-corrected chi connectivity index (χ0v) is 13.2. The number of hydrogen-bond donors (Lipinski definition) is 1. The van der Waals surface area contributed by atoms with Crippen LogP contribution in [-0.2, 0) is 19.4 Å². The van der Waals surface area contributed by atoms with Gasteiger partial charge in [0.05, 0.1) is 6.54 Å². The Morgan fingerprint density at radius 2 is 1.84 bits per heavy atom. The van der Waals surface area contributed by atoms with Crippen LogP contribution < -0.4 is 5.32 Å². The molecular formula is C18H15F2N3O2. The van der Waals surface area contributed by atoms with Crippen LogP contribution in [0.25, 0.3) is 0 Å². The number of aromatic nitrogens is 2. The summed E-state index contributed by atoms with van der Waals surface area (Å²) in [5, 5.41) is 6.33. The molecule has 1 N–H and O–H groups in total. The summed E-state index contributed by atoms with van der Waals surface area (Å²) >= 11 is 0. The lowest BCUT2D eigenvalue weighted by atomic mass is 10.1. The lowest BCUT2D eigenvalue weighted by Crippen LogP contribution is -2.23. The smallest absolute Gasteiger partial charge is 0.251 e. The van der Waals surface area contributed by atoms with Crippen molar-refractivity contribution in [2.45, 2.75) is 19.4 Å². The van der Waals surface area contributed by atoms with Crippen molar-refractivity contribution < 1.29 is 18.1 Å². The van der Waals surface area contributed by atoms with E-state index in [1.807, 2.05) is 30.3 Å². The first-order valence-electron chi connectivity index (χ1n) is 7.70. The number of amides is 1. The van der Waals surface area contributed by atoms with Gasteiger partial charge in [0.1, 0.15) is 0 Å². The minimum atomic E-state index is -1.07. The second-order valence-electron chi connectivity index (χ2n) is 5.40. The van der Waals surface area contributed by atoms with Crippen molar-refractivity contribution in [3.63, 3.8) is 0 Å². The number of benzene rings is 2. The van der Waals surface area contributed by atoms with Gasteiger partial charge >= 0.3 is 0 Å².